The van der Waals surface area contributed by atoms with Crippen molar-refractivity contribution in [3.63, 3.8) is 0 Å². The minimum Gasteiger partial charge on any atom is -0.328 e. The molecule has 0 spiro atoms. The summed E-state index contributed by atoms with van der Waals surface area (Å²) >= 11 is 0. The van der Waals surface area contributed by atoms with Crippen molar-refractivity contribution in [2.75, 3.05) is 7.05 Å². The van der Waals surface area contributed by atoms with Crippen LogP contribution in [0.15, 0.2) is 54.6 Å². The second kappa shape index (κ2) is 7.62. The molecule has 27 heavy (non-hydrogen) atoms. The lowest BCUT2D eigenvalue weighted by Crippen LogP contribution is -2.36. The monoisotopic (exact) mass is 361 g/mol. The highest BCUT2D eigenvalue weighted by molar-refractivity contribution is 5.63. The van der Waals surface area contributed by atoms with Crippen LogP contribution in [0.25, 0.3) is 11.1 Å². The molecule has 0 bridgehead atoms. The fourth-order valence-corrected chi connectivity index (χ4v) is 3.78. The fourth-order valence-electron chi connectivity index (χ4n) is 3.78. The van der Waals surface area contributed by atoms with Crippen LogP contribution < -0.4 is 5.73 Å². The molecule has 5 heteroatoms. The Bertz CT molecular complexity index is 879. The first-order valence-electron chi connectivity index (χ1n) is 9.57. The molecule has 0 unspecified atom stereocenters. The summed E-state index contributed by atoms with van der Waals surface area (Å²) in [5, 5.41) is 8.82. The highest BCUT2D eigenvalue weighted by atomic mass is 15.3. The normalized spacial score (nSPS) is 19.3. The van der Waals surface area contributed by atoms with Crippen LogP contribution in [-0.4, -0.2) is 32.8 Å². The maximum absolute atomic E-state index is 5.91. The van der Waals surface area contributed by atoms with Gasteiger partial charge < -0.3 is 10.3 Å². The number of hydrogen-bond donors (Lipinski definition) is 1. The van der Waals surface area contributed by atoms with Crippen molar-refractivity contribution < 1.29 is 0 Å². The summed E-state index contributed by atoms with van der Waals surface area (Å²) < 4.78 is 2.14. The third-order valence-electron chi connectivity index (χ3n) is 5.46. The summed E-state index contributed by atoms with van der Waals surface area (Å²) in [6.45, 7) is 1.66. The third kappa shape index (κ3) is 3.94. The molecule has 1 aromatic heterocycles. The lowest BCUT2D eigenvalue weighted by molar-refractivity contribution is 0.302. The SMILES string of the molecule is CN(Cc1ccc(-c2ccccc2)cc1)Cc1nnc(C2CC(N)C2)n1C. The zero-order chi connectivity index (χ0) is 18.8. The number of benzene rings is 2. The van der Waals surface area contributed by atoms with E-state index in [0.29, 0.717) is 12.0 Å². The molecule has 1 aliphatic rings. The lowest BCUT2D eigenvalue weighted by Gasteiger charge is -2.31. The first-order valence-corrected chi connectivity index (χ1v) is 9.57. The van der Waals surface area contributed by atoms with Gasteiger partial charge in [-0.15, -0.1) is 10.2 Å². The Kier molecular flexibility index (Phi) is 5.05. The van der Waals surface area contributed by atoms with Crippen LogP contribution in [0.2, 0.25) is 0 Å². The van der Waals surface area contributed by atoms with Gasteiger partial charge in [0, 0.05) is 25.6 Å². The van der Waals surface area contributed by atoms with E-state index in [2.05, 4.69) is 82.3 Å². The summed E-state index contributed by atoms with van der Waals surface area (Å²) in [6.07, 6.45) is 2.05. The smallest absolute Gasteiger partial charge is 0.146 e. The molecule has 5 nitrogen and oxygen atoms in total. The summed E-state index contributed by atoms with van der Waals surface area (Å²) in [4.78, 5) is 2.28. The van der Waals surface area contributed by atoms with E-state index in [1.165, 1.54) is 16.7 Å². The number of nitrogens with zero attached hydrogens (tertiary/aromatic N) is 4. The van der Waals surface area contributed by atoms with Crippen LogP contribution in [0.5, 0.6) is 0 Å². The van der Waals surface area contributed by atoms with E-state index in [0.717, 1.165) is 37.6 Å². The van der Waals surface area contributed by atoms with Crippen molar-refractivity contribution in [3.8, 4) is 11.1 Å². The Morgan fingerprint density at radius 3 is 2.30 bits per heavy atom. The first kappa shape index (κ1) is 17.9. The zero-order valence-corrected chi connectivity index (χ0v) is 16.0. The van der Waals surface area contributed by atoms with Crippen molar-refractivity contribution in [2.24, 2.45) is 12.8 Å². The van der Waals surface area contributed by atoms with Gasteiger partial charge in [-0.3, -0.25) is 4.90 Å². The highest BCUT2D eigenvalue weighted by Crippen LogP contribution is 2.34. The molecular formula is C22H27N5. The van der Waals surface area contributed by atoms with E-state index in [1.54, 1.807) is 0 Å². The Hall–Kier alpha value is -2.50. The second-order valence-corrected chi connectivity index (χ2v) is 7.70. The van der Waals surface area contributed by atoms with Crippen molar-refractivity contribution in [1.82, 2.24) is 19.7 Å². The van der Waals surface area contributed by atoms with Gasteiger partial charge in [0.05, 0.1) is 6.54 Å². The van der Waals surface area contributed by atoms with Gasteiger partial charge in [-0.1, -0.05) is 54.6 Å². The van der Waals surface area contributed by atoms with E-state index < -0.39 is 0 Å². The molecule has 1 saturated carbocycles. The Morgan fingerprint density at radius 1 is 0.963 bits per heavy atom. The minimum absolute atomic E-state index is 0.330. The van der Waals surface area contributed by atoms with Gasteiger partial charge in [0.2, 0.25) is 0 Å². The summed E-state index contributed by atoms with van der Waals surface area (Å²) in [7, 11) is 4.19. The maximum Gasteiger partial charge on any atom is 0.146 e. The molecule has 3 aromatic rings. The van der Waals surface area contributed by atoms with E-state index in [1.807, 2.05) is 6.07 Å². The van der Waals surface area contributed by atoms with Crippen molar-refractivity contribution in [1.29, 1.82) is 0 Å². The van der Waals surface area contributed by atoms with E-state index in [-0.39, 0.29) is 0 Å². The second-order valence-electron chi connectivity index (χ2n) is 7.70. The average Bonchev–Trinajstić information content (AvgIpc) is 3.00. The molecule has 0 aliphatic heterocycles. The Morgan fingerprint density at radius 2 is 1.63 bits per heavy atom. The van der Waals surface area contributed by atoms with Crippen LogP contribution in [-0.2, 0) is 20.1 Å². The number of hydrogen-bond acceptors (Lipinski definition) is 4. The van der Waals surface area contributed by atoms with Gasteiger partial charge in [-0.25, -0.2) is 0 Å². The average molecular weight is 361 g/mol. The van der Waals surface area contributed by atoms with Crippen LogP contribution >= 0.6 is 0 Å². The molecule has 0 amide bonds. The Labute approximate surface area is 160 Å². The quantitative estimate of drug-likeness (QED) is 0.732. The zero-order valence-electron chi connectivity index (χ0n) is 16.0. The summed E-state index contributed by atoms with van der Waals surface area (Å²) in [6, 6.07) is 19.6. The maximum atomic E-state index is 5.91. The van der Waals surface area contributed by atoms with Gasteiger partial charge >= 0.3 is 0 Å². The van der Waals surface area contributed by atoms with Crippen LogP contribution in [0.4, 0.5) is 0 Å². The molecule has 0 atom stereocenters. The minimum atomic E-state index is 0.330. The lowest BCUT2D eigenvalue weighted by atomic mass is 9.80. The molecule has 0 radical (unpaired) electrons. The van der Waals surface area contributed by atoms with Gasteiger partial charge in [-0.2, -0.15) is 0 Å². The van der Waals surface area contributed by atoms with Crippen molar-refractivity contribution >= 4 is 0 Å². The molecule has 2 N–H and O–H groups in total. The molecule has 1 fully saturated rings. The first-order chi connectivity index (χ1) is 13.1. The van der Waals surface area contributed by atoms with Gasteiger partial charge in [0.15, 0.2) is 0 Å². The predicted octanol–water partition coefficient (Wildman–Crippen LogP) is 3.32. The summed E-state index contributed by atoms with van der Waals surface area (Å²) in [5.74, 6) is 2.56. The molecule has 4 rings (SSSR count). The number of aromatic nitrogens is 3. The van der Waals surface area contributed by atoms with Crippen LogP contribution in [0, 0.1) is 0 Å². The number of rotatable bonds is 6. The molecular weight excluding hydrogens is 334 g/mol. The van der Waals surface area contributed by atoms with Crippen molar-refractivity contribution in [3.05, 3.63) is 71.8 Å². The number of nitrogens with two attached hydrogens (primary N) is 1. The van der Waals surface area contributed by atoms with E-state index in [9.17, 15) is 0 Å². The van der Waals surface area contributed by atoms with E-state index >= 15 is 0 Å². The molecule has 0 saturated heterocycles. The highest BCUT2D eigenvalue weighted by Gasteiger charge is 2.31. The molecule has 140 valence electrons. The third-order valence-corrected chi connectivity index (χ3v) is 5.46. The van der Waals surface area contributed by atoms with Gasteiger partial charge in [0.25, 0.3) is 0 Å². The molecule has 1 aliphatic carbocycles. The topological polar surface area (TPSA) is 60.0 Å². The Balaban J connectivity index is 1.37. The predicted molar refractivity (Wildman–Crippen MR) is 108 cm³/mol. The van der Waals surface area contributed by atoms with Crippen molar-refractivity contribution in [2.45, 2.75) is 37.9 Å². The fraction of sp³-hybridized carbons (Fsp3) is 0.364. The van der Waals surface area contributed by atoms with E-state index in [4.69, 9.17) is 5.73 Å². The largest absolute Gasteiger partial charge is 0.328 e. The van der Waals surface area contributed by atoms with Crippen LogP contribution in [0.1, 0.15) is 36.0 Å². The standard InChI is InChI=1S/C22H27N5/c1-26(15-21-24-25-22(27(21)2)19-12-20(23)13-19)14-16-8-10-18(11-9-16)17-6-4-3-5-7-17/h3-11,19-20H,12-15,23H2,1-2H3. The van der Waals surface area contributed by atoms with Crippen LogP contribution in [0.3, 0.4) is 0 Å². The van der Waals surface area contributed by atoms with Gasteiger partial charge in [0.1, 0.15) is 11.6 Å². The molecule has 2 aromatic carbocycles. The molecule has 1 heterocycles. The summed E-state index contributed by atoms with van der Waals surface area (Å²) in [5.41, 5.74) is 9.71. The van der Waals surface area contributed by atoms with Gasteiger partial charge in [-0.05, 0) is 36.6 Å².